The third-order valence-corrected chi connectivity index (χ3v) is 0.942. The lowest BCUT2D eigenvalue weighted by atomic mass is 10.4. The monoisotopic (exact) mass is 147 g/mol. The van der Waals surface area contributed by atoms with Crippen molar-refractivity contribution >= 4 is 6.03 Å². The maximum absolute atomic E-state index is 10.4. The molecule has 0 aliphatic heterocycles. The zero-order valence-electron chi connectivity index (χ0n) is 6.02. The maximum Gasteiger partial charge on any atom is 0.328 e. The zero-order chi connectivity index (χ0) is 7.82. The van der Waals surface area contributed by atoms with Gasteiger partial charge in [-0.2, -0.15) is 0 Å². The summed E-state index contributed by atoms with van der Waals surface area (Å²) < 4.78 is 4.75. The predicted octanol–water partition coefficient (Wildman–Crippen LogP) is -0.804. The lowest BCUT2D eigenvalue weighted by Crippen LogP contribution is -2.40. The van der Waals surface area contributed by atoms with Crippen LogP contribution in [0, 0.1) is 0 Å². The molecule has 60 valence electrons. The van der Waals surface area contributed by atoms with Crippen molar-refractivity contribution in [3.05, 3.63) is 0 Å². The highest BCUT2D eigenvalue weighted by atomic mass is 16.5. The number of rotatable bonds is 4. The maximum atomic E-state index is 10.4. The smallest absolute Gasteiger partial charge is 0.328 e. The number of hydrogen-bond donors (Lipinski definition) is 3. The van der Waals surface area contributed by atoms with Gasteiger partial charge in [0, 0.05) is 20.3 Å². The second-order valence-corrected chi connectivity index (χ2v) is 1.75. The van der Waals surface area contributed by atoms with Gasteiger partial charge in [-0.1, -0.05) is 0 Å². The Morgan fingerprint density at radius 3 is 2.90 bits per heavy atom. The van der Waals surface area contributed by atoms with E-state index in [1.54, 1.807) is 7.11 Å². The van der Waals surface area contributed by atoms with Gasteiger partial charge < -0.3 is 10.1 Å². The van der Waals surface area contributed by atoms with Gasteiger partial charge in [-0.05, 0) is 6.42 Å². The lowest BCUT2D eigenvalue weighted by molar-refractivity contribution is 0.193. The average molecular weight is 147 g/mol. The van der Waals surface area contributed by atoms with Crippen LogP contribution < -0.4 is 16.6 Å². The van der Waals surface area contributed by atoms with E-state index in [-0.39, 0.29) is 6.03 Å². The summed E-state index contributed by atoms with van der Waals surface area (Å²) in [5.74, 6) is 4.79. The summed E-state index contributed by atoms with van der Waals surface area (Å²) in [6, 6.07) is -0.365. The van der Waals surface area contributed by atoms with Crippen LogP contribution >= 0.6 is 0 Å². The number of nitrogens with one attached hydrogen (secondary N) is 2. The molecule has 4 N–H and O–H groups in total. The van der Waals surface area contributed by atoms with Crippen molar-refractivity contribution in [2.75, 3.05) is 20.3 Å². The number of amides is 2. The molecule has 0 saturated carbocycles. The van der Waals surface area contributed by atoms with Crippen LogP contribution in [0.4, 0.5) is 4.79 Å². The van der Waals surface area contributed by atoms with Crippen molar-refractivity contribution in [3.8, 4) is 0 Å². The minimum absolute atomic E-state index is 0.365. The topological polar surface area (TPSA) is 76.4 Å². The van der Waals surface area contributed by atoms with E-state index < -0.39 is 0 Å². The molecule has 0 rings (SSSR count). The van der Waals surface area contributed by atoms with Crippen LogP contribution in [-0.2, 0) is 4.74 Å². The van der Waals surface area contributed by atoms with E-state index >= 15 is 0 Å². The molecule has 0 aromatic heterocycles. The molecule has 0 aromatic rings. The van der Waals surface area contributed by atoms with Crippen LogP contribution in [-0.4, -0.2) is 26.3 Å². The fraction of sp³-hybridized carbons (Fsp3) is 0.800. The van der Waals surface area contributed by atoms with Gasteiger partial charge in [0.15, 0.2) is 0 Å². The van der Waals surface area contributed by atoms with E-state index in [1.165, 1.54) is 0 Å². The van der Waals surface area contributed by atoms with Gasteiger partial charge in [-0.3, -0.25) is 5.43 Å². The van der Waals surface area contributed by atoms with Gasteiger partial charge in [-0.15, -0.1) is 0 Å². The number of methoxy groups -OCH3 is 1. The molecule has 0 spiro atoms. The number of carbonyl (C=O) groups excluding carboxylic acids is 1. The SMILES string of the molecule is COCCCNC(=O)NN. The van der Waals surface area contributed by atoms with Crippen molar-refractivity contribution in [3.63, 3.8) is 0 Å². The van der Waals surface area contributed by atoms with E-state index in [2.05, 4.69) is 5.32 Å². The summed E-state index contributed by atoms with van der Waals surface area (Å²) in [5, 5.41) is 2.51. The number of hydrogen-bond acceptors (Lipinski definition) is 3. The molecule has 0 bridgehead atoms. The minimum Gasteiger partial charge on any atom is -0.385 e. The van der Waals surface area contributed by atoms with Gasteiger partial charge in [0.1, 0.15) is 0 Å². The Morgan fingerprint density at radius 2 is 2.40 bits per heavy atom. The Bertz CT molecular complexity index is 96.9. The first-order chi connectivity index (χ1) is 4.81. The van der Waals surface area contributed by atoms with Crippen LogP contribution in [0.3, 0.4) is 0 Å². The van der Waals surface area contributed by atoms with Gasteiger partial charge in [0.05, 0.1) is 0 Å². The molecule has 0 aromatic carbocycles. The Labute approximate surface area is 59.9 Å². The molecule has 2 amide bonds. The number of urea groups is 1. The van der Waals surface area contributed by atoms with Crippen LogP contribution in [0.2, 0.25) is 0 Å². The third-order valence-electron chi connectivity index (χ3n) is 0.942. The van der Waals surface area contributed by atoms with E-state index in [9.17, 15) is 4.79 Å². The number of hydrazine groups is 1. The molecule has 0 heterocycles. The highest BCUT2D eigenvalue weighted by Gasteiger charge is 1.92. The van der Waals surface area contributed by atoms with Crippen molar-refractivity contribution < 1.29 is 9.53 Å². The number of nitrogens with two attached hydrogens (primary N) is 1. The number of ether oxygens (including phenoxy) is 1. The van der Waals surface area contributed by atoms with Crippen LogP contribution in [0.1, 0.15) is 6.42 Å². The summed E-state index contributed by atoms with van der Waals surface area (Å²) in [6.45, 7) is 1.22. The molecule has 0 unspecified atom stereocenters. The van der Waals surface area contributed by atoms with Crippen LogP contribution in [0.5, 0.6) is 0 Å². The average Bonchev–Trinajstić information content (AvgIpc) is 1.98. The van der Waals surface area contributed by atoms with Crippen molar-refractivity contribution in [2.45, 2.75) is 6.42 Å². The van der Waals surface area contributed by atoms with E-state index in [1.807, 2.05) is 5.43 Å². The summed E-state index contributed by atoms with van der Waals surface area (Å²) >= 11 is 0. The largest absolute Gasteiger partial charge is 0.385 e. The van der Waals surface area contributed by atoms with Gasteiger partial charge >= 0.3 is 6.03 Å². The Morgan fingerprint density at radius 1 is 1.70 bits per heavy atom. The molecule has 0 fully saturated rings. The van der Waals surface area contributed by atoms with Crippen molar-refractivity contribution in [1.82, 2.24) is 10.7 Å². The van der Waals surface area contributed by atoms with E-state index in [0.29, 0.717) is 13.2 Å². The summed E-state index contributed by atoms with van der Waals surface area (Å²) in [7, 11) is 1.61. The second-order valence-electron chi connectivity index (χ2n) is 1.75. The standard InChI is InChI=1S/C5H13N3O2/c1-10-4-2-3-7-5(9)8-6/h2-4,6H2,1H3,(H2,7,8,9). The fourth-order valence-electron chi connectivity index (χ4n) is 0.469. The molecule has 0 saturated heterocycles. The normalized spacial score (nSPS) is 9.00. The van der Waals surface area contributed by atoms with Crippen LogP contribution in [0.25, 0.3) is 0 Å². The lowest BCUT2D eigenvalue weighted by Gasteiger charge is -2.01. The first-order valence-electron chi connectivity index (χ1n) is 3.04. The molecule has 0 aliphatic rings. The molecule has 5 nitrogen and oxygen atoms in total. The molecular weight excluding hydrogens is 134 g/mol. The predicted molar refractivity (Wildman–Crippen MR) is 37.2 cm³/mol. The summed E-state index contributed by atoms with van der Waals surface area (Å²) in [6.07, 6.45) is 0.796. The Balaban J connectivity index is 2.96. The number of carbonyl (C=O) groups is 1. The minimum atomic E-state index is -0.365. The highest BCUT2D eigenvalue weighted by Crippen LogP contribution is 1.75. The molecular formula is C5H13N3O2. The molecule has 0 atom stereocenters. The molecule has 0 radical (unpaired) electrons. The van der Waals surface area contributed by atoms with Gasteiger partial charge in [0.25, 0.3) is 0 Å². The molecule has 0 aliphatic carbocycles. The first-order valence-corrected chi connectivity index (χ1v) is 3.04. The van der Waals surface area contributed by atoms with Crippen molar-refractivity contribution in [1.29, 1.82) is 0 Å². The fourth-order valence-corrected chi connectivity index (χ4v) is 0.469. The van der Waals surface area contributed by atoms with E-state index in [4.69, 9.17) is 10.6 Å². The van der Waals surface area contributed by atoms with Gasteiger partial charge in [-0.25, -0.2) is 10.6 Å². The molecule has 10 heavy (non-hydrogen) atoms. The van der Waals surface area contributed by atoms with Crippen LogP contribution in [0.15, 0.2) is 0 Å². The van der Waals surface area contributed by atoms with Gasteiger partial charge in [0.2, 0.25) is 0 Å². The molecule has 5 heteroatoms. The third kappa shape index (κ3) is 5.33. The summed E-state index contributed by atoms with van der Waals surface area (Å²) in [5.41, 5.74) is 1.95. The van der Waals surface area contributed by atoms with Crippen molar-refractivity contribution in [2.24, 2.45) is 5.84 Å². The first kappa shape index (κ1) is 9.19. The second kappa shape index (κ2) is 6.31. The quantitative estimate of drug-likeness (QED) is 0.211. The van der Waals surface area contributed by atoms with E-state index in [0.717, 1.165) is 6.42 Å². The highest BCUT2D eigenvalue weighted by molar-refractivity contribution is 5.72. The summed E-state index contributed by atoms with van der Waals surface area (Å²) in [4.78, 5) is 10.4. The zero-order valence-corrected chi connectivity index (χ0v) is 6.02. The Kier molecular flexibility index (Phi) is 5.80. The Hall–Kier alpha value is -0.810.